The van der Waals surface area contributed by atoms with Gasteiger partial charge in [0.15, 0.2) is 5.82 Å². The van der Waals surface area contributed by atoms with Gasteiger partial charge in [-0.2, -0.15) is 0 Å². The van der Waals surface area contributed by atoms with Crippen molar-refractivity contribution in [2.45, 2.75) is 0 Å². The Morgan fingerprint density at radius 3 is 1.76 bits per heavy atom. The van der Waals surface area contributed by atoms with E-state index < -0.39 is 0 Å². The minimum absolute atomic E-state index is 0. The van der Waals surface area contributed by atoms with Crippen LogP contribution in [0, 0.1) is 0 Å². The molecule has 0 radical (unpaired) electrons. The van der Waals surface area contributed by atoms with E-state index in [1.54, 1.807) is 42.9 Å². The Morgan fingerprint density at radius 2 is 1.15 bits per heavy atom. The molecule has 0 bridgehead atoms. The number of nitrogens with zero attached hydrogens (tertiary/aromatic N) is 3. The first-order chi connectivity index (χ1) is 15.7. The fourth-order valence-electron chi connectivity index (χ4n) is 3.69. The summed E-state index contributed by atoms with van der Waals surface area (Å²) in [5.41, 5.74) is 1.81. The first kappa shape index (κ1) is 22.3. The summed E-state index contributed by atoms with van der Waals surface area (Å²) in [6.45, 7) is 0. The van der Waals surface area contributed by atoms with Crippen molar-refractivity contribution in [3.8, 4) is 11.5 Å². The van der Waals surface area contributed by atoms with Gasteiger partial charge >= 0.3 is 0 Å². The van der Waals surface area contributed by atoms with Crippen LogP contribution in [-0.2, 0) is 19.5 Å². The smallest absolute Gasteiger partial charge is 0.178 e. The number of hydrogen-bond acceptors (Lipinski definition) is 5. The van der Waals surface area contributed by atoms with Crippen LogP contribution in [0.25, 0.3) is 21.5 Å². The van der Waals surface area contributed by atoms with Crippen molar-refractivity contribution in [1.82, 2.24) is 4.98 Å². The molecular weight excluding hydrogens is 464 g/mol. The van der Waals surface area contributed by atoms with Crippen molar-refractivity contribution in [3.63, 3.8) is 0 Å². The van der Waals surface area contributed by atoms with Gasteiger partial charge in [-0.15, -0.1) is 0 Å². The number of phenolic OH excluding ortho intramolecular Hbond substituents is 2. The summed E-state index contributed by atoms with van der Waals surface area (Å²) in [7, 11) is 0. The molecule has 0 spiro atoms. The van der Waals surface area contributed by atoms with Gasteiger partial charge in [0.2, 0.25) is 0 Å². The largest absolute Gasteiger partial charge is 0.507 e. The number of aromatic nitrogens is 1. The summed E-state index contributed by atoms with van der Waals surface area (Å²) < 4.78 is 0. The molecule has 0 aliphatic rings. The molecule has 156 valence electrons. The first-order valence-corrected chi connectivity index (χ1v) is 10.2. The van der Waals surface area contributed by atoms with E-state index in [0.29, 0.717) is 22.6 Å². The van der Waals surface area contributed by atoms with Crippen LogP contribution in [0.5, 0.6) is 11.5 Å². The van der Waals surface area contributed by atoms with Crippen molar-refractivity contribution in [2.24, 2.45) is 9.98 Å². The Balaban J connectivity index is 0.00000259. The number of hydrogen-bond donors (Lipinski definition) is 2. The van der Waals surface area contributed by atoms with Crippen LogP contribution in [0.2, 0.25) is 0 Å². The normalized spacial score (nSPS) is 11.4. The third-order valence-corrected chi connectivity index (χ3v) is 5.31. The molecule has 33 heavy (non-hydrogen) atoms. The number of pyridine rings is 1. The van der Waals surface area contributed by atoms with E-state index in [0.717, 1.165) is 21.5 Å². The average molecular weight is 483 g/mol. The quantitative estimate of drug-likeness (QED) is 0.233. The van der Waals surface area contributed by atoms with Gasteiger partial charge in [-0.3, -0.25) is 4.99 Å². The number of benzene rings is 4. The maximum Gasteiger partial charge on any atom is 0.178 e. The third kappa shape index (κ3) is 4.52. The van der Waals surface area contributed by atoms with Crippen LogP contribution >= 0.6 is 0 Å². The fraction of sp³-hybridized carbons (Fsp3) is 0. The monoisotopic (exact) mass is 481 g/mol. The molecule has 6 heteroatoms. The average Bonchev–Trinajstić information content (AvgIpc) is 2.83. The number of aliphatic imine (C=N–C) groups is 2. The number of phenols is 2. The Morgan fingerprint density at radius 1 is 0.606 bits per heavy atom. The van der Waals surface area contributed by atoms with Crippen molar-refractivity contribution < 1.29 is 29.7 Å². The molecule has 0 aliphatic carbocycles. The molecule has 0 fully saturated rings. The van der Waals surface area contributed by atoms with Crippen LogP contribution in [0.15, 0.2) is 101 Å². The van der Waals surface area contributed by atoms with Crippen molar-refractivity contribution >= 4 is 45.5 Å². The number of rotatable bonds is 4. The molecule has 0 saturated heterocycles. The van der Waals surface area contributed by atoms with Gasteiger partial charge < -0.3 is 10.2 Å². The fourth-order valence-corrected chi connectivity index (χ4v) is 3.69. The van der Waals surface area contributed by atoms with Crippen LogP contribution < -0.4 is 0 Å². The molecule has 0 amide bonds. The Labute approximate surface area is 203 Å². The molecule has 0 unspecified atom stereocenters. The summed E-state index contributed by atoms with van der Waals surface area (Å²) in [5, 5.41) is 24.6. The number of fused-ring (bicyclic) bond motifs is 2. The summed E-state index contributed by atoms with van der Waals surface area (Å²) in [6.07, 6.45) is 4.88. The first-order valence-electron chi connectivity index (χ1n) is 10.2. The maximum absolute atomic E-state index is 10.4. The van der Waals surface area contributed by atoms with E-state index in [-0.39, 0.29) is 31.0 Å². The second kappa shape index (κ2) is 9.72. The van der Waals surface area contributed by atoms with E-state index in [4.69, 9.17) is 0 Å². The summed E-state index contributed by atoms with van der Waals surface area (Å²) in [6, 6.07) is 26.3. The molecular formula is C27H19N3O2Zn. The zero-order chi connectivity index (χ0) is 21.9. The second-order valence-electron chi connectivity index (χ2n) is 7.30. The maximum atomic E-state index is 10.4. The molecule has 5 aromatic rings. The summed E-state index contributed by atoms with van der Waals surface area (Å²) >= 11 is 0. The molecule has 5 nitrogen and oxygen atoms in total. The molecule has 4 aromatic carbocycles. The second-order valence-corrected chi connectivity index (χ2v) is 7.30. The van der Waals surface area contributed by atoms with Crippen LogP contribution in [-0.4, -0.2) is 27.6 Å². The van der Waals surface area contributed by atoms with Crippen LogP contribution in [0.4, 0.5) is 11.5 Å². The van der Waals surface area contributed by atoms with E-state index in [1.165, 1.54) is 0 Å². The molecule has 2 N–H and O–H groups in total. The van der Waals surface area contributed by atoms with Gasteiger partial charge in [-0.25, -0.2) is 9.98 Å². The van der Waals surface area contributed by atoms with Gasteiger partial charge in [0, 0.05) is 49.2 Å². The summed E-state index contributed by atoms with van der Waals surface area (Å²) in [4.78, 5) is 13.4. The Bertz CT molecular complexity index is 1400. The van der Waals surface area contributed by atoms with E-state index in [2.05, 4.69) is 15.0 Å². The summed E-state index contributed by atoms with van der Waals surface area (Å²) in [5.74, 6) is 0.715. The molecule has 0 atom stereocenters. The zero-order valence-electron chi connectivity index (χ0n) is 17.8. The Hall–Kier alpha value is -3.89. The minimum atomic E-state index is 0. The third-order valence-electron chi connectivity index (χ3n) is 5.31. The zero-order valence-corrected chi connectivity index (χ0v) is 20.7. The molecule has 1 heterocycles. The molecule has 5 rings (SSSR count). The SMILES string of the molecule is Oc1ccc2ccccc2c1C=Nc1cccnc1/N=C/c1c(O)ccc2ccccc12.[Zn]. The van der Waals surface area contributed by atoms with Gasteiger partial charge in [0.25, 0.3) is 0 Å². The van der Waals surface area contributed by atoms with Crippen molar-refractivity contribution in [1.29, 1.82) is 0 Å². The van der Waals surface area contributed by atoms with Crippen LogP contribution in [0.3, 0.4) is 0 Å². The van der Waals surface area contributed by atoms with E-state index >= 15 is 0 Å². The number of aromatic hydroxyl groups is 2. The topological polar surface area (TPSA) is 78.1 Å². The van der Waals surface area contributed by atoms with E-state index in [9.17, 15) is 10.2 Å². The van der Waals surface area contributed by atoms with Crippen molar-refractivity contribution in [3.05, 3.63) is 102 Å². The molecule has 1 aromatic heterocycles. The predicted octanol–water partition coefficient (Wildman–Crippen LogP) is 6.30. The van der Waals surface area contributed by atoms with Gasteiger partial charge in [-0.1, -0.05) is 60.7 Å². The van der Waals surface area contributed by atoms with Crippen LogP contribution in [0.1, 0.15) is 11.1 Å². The Kier molecular flexibility index (Phi) is 6.57. The standard InChI is InChI=1S/C27H19N3O2.Zn/c31-25-13-11-18-6-1-3-8-20(18)22(25)16-29-24-10-5-15-28-27(24)30-17-23-21-9-4-2-7-19(21)12-14-26(23)32;/h1-17,31-32H;/b29-16?,30-17+;. The predicted molar refractivity (Wildman–Crippen MR) is 130 cm³/mol. The molecule has 0 saturated carbocycles. The van der Waals surface area contributed by atoms with E-state index in [1.807, 2.05) is 60.7 Å². The van der Waals surface area contributed by atoms with Gasteiger partial charge in [-0.05, 0) is 45.8 Å². The minimum Gasteiger partial charge on any atom is -0.507 e. The van der Waals surface area contributed by atoms with Gasteiger partial charge in [0.05, 0.1) is 0 Å². The molecule has 0 aliphatic heterocycles. The van der Waals surface area contributed by atoms with Crippen molar-refractivity contribution in [2.75, 3.05) is 0 Å². The van der Waals surface area contributed by atoms with Gasteiger partial charge in [0.1, 0.15) is 17.2 Å².